The van der Waals surface area contributed by atoms with Gasteiger partial charge in [-0.1, -0.05) is 24.6 Å². The molecule has 0 aliphatic heterocycles. The largest absolute Gasteiger partial charge is 0.313 e. The van der Waals surface area contributed by atoms with Crippen LogP contribution < -0.4 is 5.32 Å². The molecule has 2 aromatic rings. The third-order valence-electron chi connectivity index (χ3n) is 3.81. The van der Waals surface area contributed by atoms with Gasteiger partial charge >= 0.3 is 0 Å². The summed E-state index contributed by atoms with van der Waals surface area (Å²) in [6, 6.07) is 6.93. The second-order valence-electron chi connectivity index (χ2n) is 5.26. The molecule has 0 saturated carbocycles. The van der Waals surface area contributed by atoms with Crippen LogP contribution in [-0.2, 0) is 6.42 Å². The molecular weight excluding hydrogens is 289 g/mol. The first-order valence-corrected chi connectivity index (χ1v) is 7.59. The Morgan fingerprint density at radius 1 is 1.38 bits per heavy atom. The highest BCUT2D eigenvalue weighted by Crippen LogP contribution is 2.26. The molecule has 1 aromatic carbocycles. The molecular formula is C16H21ClFN3. The Balaban J connectivity index is 2.17. The van der Waals surface area contributed by atoms with E-state index in [2.05, 4.69) is 24.3 Å². The minimum atomic E-state index is -0.320. The number of nitrogens with one attached hydrogen (secondary N) is 1. The summed E-state index contributed by atoms with van der Waals surface area (Å²) in [6.45, 7) is 4.28. The quantitative estimate of drug-likeness (QED) is 0.868. The van der Waals surface area contributed by atoms with E-state index in [1.54, 1.807) is 6.07 Å². The van der Waals surface area contributed by atoms with Crippen molar-refractivity contribution in [2.24, 2.45) is 0 Å². The summed E-state index contributed by atoms with van der Waals surface area (Å²) < 4.78 is 15.1. The first-order chi connectivity index (χ1) is 10.0. The van der Waals surface area contributed by atoms with Crippen molar-refractivity contribution < 1.29 is 4.39 Å². The molecule has 0 amide bonds. The normalized spacial score (nSPS) is 14.1. The number of hydrogen-bond acceptors (Lipinski definition) is 2. The second-order valence-corrected chi connectivity index (χ2v) is 5.66. The van der Waals surface area contributed by atoms with Crippen molar-refractivity contribution in [3.05, 3.63) is 52.6 Å². The number of halogens is 2. The van der Waals surface area contributed by atoms with Crippen molar-refractivity contribution in [1.29, 1.82) is 0 Å². The Labute approximate surface area is 130 Å². The highest BCUT2D eigenvalue weighted by Gasteiger charge is 2.16. The van der Waals surface area contributed by atoms with Gasteiger partial charge in [0.05, 0.1) is 5.69 Å². The topological polar surface area (TPSA) is 29.9 Å². The lowest BCUT2D eigenvalue weighted by Gasteiger charge is -2.17. The highest BCUT2D eigenvalue weighted by molar-refractivity contribution is 6.31. The smallest absolute Gasteiger partial charge is 0.124 e. The van der Waals surface area contributed by atoms with Crippen LogP contribution in [0.25, 0.3) is 0 Å². The molecule has 2 atom stereocenters. The van der Waals surface area contributed by atoms with Crippen molar-refractivity contribution >= 4 is 11.6 Å². The standard InChI is InChI=1S/C16H21ClFN3/c1-4-11(2)21-8-7-13(20-21)10-16(19-3)14-6-5-12(18)9-15(14)17/h5-9,11,16,19H,4,10H2,1-3H3. The van der Waals surface area contributed by atoms with Gasteiger partial charge in [-0.25, -0.2) is 4.39 Å². The monoisotopic (exact) mass is 309 g/mol. The molecule has 3 nitrogen and oxygen atoms in total. The molecule has 21 heavy (non-hydrogen) atoms. The maximum Gasteiger partial charge on any atom is 0.124 e. The van der Waals surface area contributed by atoms with E-state index < -0.39 is 0 Å². The lowest BCUT2D eigenvalue weighted by Crippen LogP contribution is -2.19. The average molecular weight is 310 g/mol. The fourth-order valence-corrected chi connectivity index (χ4v) is 2.58. The lowest BCUT2D eigenvalue weighted by molar-refractivity contribution is 0.469. The first kappa shape index (κ1) is 16.0. The Morgan fingerprint density at radius 2 is 2.14 bits per heavy atom. The number of rotatable bonds is 6. The highest BCUT2D eigenvalue weighted by atomic mass is 35.5. The summed E-state index contributed by atoms with van der Waals surface area (Å²) in [5.41, 5.74) is 1.88. The van der Waals surface area contributed by atoms with Gasteiger partial charge in [-0.15, -0.1) is 0 Å². The zero-order valence-corrected chi connectivity index (χ0v) is 13.4. The number of benzene rings is 1. The van der Waals surface area contributed by atoms with Gasteiger partial charge in [0.15, 0.2) is 0 Å². The fraction of sp³-hybridized carbons (Fsp3) is 0.438. The predicted molar refractivity (Wildman–Crippen MR) is 84.1 cm³/mol. The summed E-state index contributed by atoms with van der Waals surface area (Å²) in [7, 11) is 1.87. The Morgan fingerprint density at radius 3 is 2.76 bits per heavy atom. The van der Waals surface area contributed by atoms with Gasteiger partial charge in [0.1, 0.15) is 5.82 Å². The van der Waals surface area contributed by atoms with E-state index in [9.17, 15) is 4.39 Å². The average Bonchev–Trinajstić information content (AvgIpc) is 2.93. The summed E-state index contributed by atoms with van der Waals surface area (Å²) in [4.78, 5) is 0. The SMILES string of the molecule is CCC(C)n1ccc(CC(NC)c2ccc(F)cc2Cl)n1. The molecule has 114 valence electrons. The van der Waals surface area contributed by atoms with Crippen LogP contribution in [0, 0.1) is 5.82 Å². The van der Waals surface area contributed by atoms with Gasteiger partial charge in [0, 0.05) is 29.7 Å². The van der Waals surface area contributed by atoms with E-state index in [1.165, 1.54) is 12.1 Å². The molecule has 1 aromatic heterocycles. The third kappa shape index (κ3) is 3.83. The second kappa shape index (κ2) is 7.05. The van der Waals surface area contributed by atoms with Crippen LogP contribution >= 0.6 is 11.6 Å². The molecule has 1 heterocycles. The van der Waals surface area contributed by atoms with E-state index >= 15 is 0 Å². The van der Waals surface area contributed by atoms with Crippen LogP contribution in [0.2, 0.25) is 5.02 Å². The minimum Gasteiger partial charge on any atom is -0.313 e. The third-order valence-corrected chi connectivity index (χ3v) is 4.13. The molecule has 0 fully saturated rings. The molecule has 0 bridgehead atoms. The van der Waals surface area contributed by atoms with Crippen LogP contribution in [0.3, 0.4) is 0 Å². The number of nitrogens with zero attached hydrogens (tertiary/aromatic N) is 2. The van der Waals surface area contributed by atoms with Crippen molar-refractivity contribution in [2.45, 2.75) is 38.8 Å². The van der Waals surface area contributed by atoms with E-state index in [0.717, 1.165) is 17.7 Å². The van der Waals surface area contributed by atoms with Crippen molar-refractivity contribution in [2.75, 3.05) is 7.05 Å². The maximum absolute atomic E-state index is 13.2. The number of hydrogen-bond donors (Lipinski definition) is 1. The van der Waals surface area contributed by atoms with Gasteiger partial charge in [0.25, 0.3) is 0 Å². The lowest BCUT2D eigenvalue weighted by atomic mass is 10.0. The van der Waals surface area contributed by atoms with E-state index in [0.29, 0.717) is 17.5 Å². The molecule has 5 heteroatoms. The van der Waals surface area contributed by atoms with Crippen molar-refractivity contribution in [1.82, 2.24) is 15.1 Å². The molecule has 0 radical (unpaired) electrons. The van der Waals surface area contributed by atoms with Crippen LogP contribution in [0.1, 0.15) is 43.6 Å². The molecule has 1 N–H and O–H groups in total. The Bertz CT molecular complexity index is 597. The molecule has 0 aliphatic rings. The number of likely N-dealkylation sites (N-methyl/N-ethyl adjacent to an activating group) is 1. The molecule has 0 spiro atoms. The summed E-state index contributed by atoms with van der Waals surface area (Å²) in [5.74, 6) is -0.320. The zero-order chi connectivity index (χ0) is 15.4. The van der Waals surface area contributed by atoms with Gasteiger partial charge in [-0.3, -0.25) is 4.68 Å². The van der Waals surface area contributed by atoms with Crippen LogP contribution in [0.4, 0.5) is 4.39 Å². The van der Waals surface area contributed by atoms with E-state index in [-0.39, 0.29) is 11.9 Å². The van der Waals surface area contributed by atoms with Crippen LogP contribution in [0.15, 0.2) is 30.5 Å². The van der Waals surface area contributed by atoms with Gasteiger partial charge in [0.2, 0.25) is 0 Å². The maximum atomic E-state index is 13.2. The van der Waals surface area contributed by atoms with Gasteiger partial charge < -0.3 is 5.32 Å². The molecule has 2 unspecified atom stereocenters. The summed E-state index contributed by atoms with van der Waals surface area (Å²) in [6.07, 6.45) is 3.76. The zero-order valence-electron chi connectivity index (χ0n) is 12.6. The molecule has 0 saturated heterocycles. The number of aromatic nitrogens is 2. The van der Waals surface area contributed by atoms with Crippen LogP contribution in [-0.4, -0.2) is 16.8 Å². The van der Waals surface area contributed by atoms with E-state index in [4.69, 9.17) is 11.6 Å². The summed E-state index contributed by atoms with van der Waals surface area (Å²) >= 11 is 6.14. The summed E-state index contributed by atoms with van der Waals surface area (Å²) in [5, 5.41) is 8.26. The predicted octanol–water partition coefficient (Wildman–Crippen LogP) is 4.15. The van der Waals surface area contributed by atoms with E-state index in [1.807, 2.05) is 24.0 Å². The minimum absolute atomic E-state index is 0.0124. The van der Waals surface area contributed by atoms with Crippen LogP contribution in [0.5, 0.6) is 0 Å². The van der Waals surface area contributed by atoms with Crippen molar-refractivity contribution in [3.63, 3.8) is 0 Å². The molecule has 0 aliphatic carbocycles. The molecule has 2 rings (SSSR count). The Kier molecular flexibility index (Phi) is 5.37. The first-order valence-electron chi connectivity index (χ1n) is 7.21. The Hall–Kier alpha value is -1.39. The van der Waals surface area contributed by atoms with Gasteiger partial charge in [-0.05, 0) is 44.2 Å². The fourth-order valence-electron chi connectivity index (χ4n) is 2.28. The van der Waals surface area contributed by atoms with Gasteiger partial charge in [-0.2, -0.15) is 5.10 Å². The van der Waals surface area contributed by atoms with Crippen molar-refractivity contribution in [3.8, 4) is 0 Å².